The van der Waals surface area contributed by atoms with E-state index < -0.39 is 17.7 Å². The predicted octanol–water partition coefficient (Wildman–Crippen LogP) is 5.48. The number of esters is 1. The SMILES string of the molecule is C#CCN(CN1c2cc(Cl)ccc2C(=O)N(CC(=O)N2CCCCC2)C1CN1CCCCC1)c1ccc(C(=O)OC(C)(C)C)cc1. The highest BCUT2D eigenvalue weighted by atomic mass is 35.5. The fourth-order valence-electron chi connectivity index (χ4n) is 6.51. The largest absolute Gasteiger partial charge is 0.456 e. The van der Waals surface area contributed by atoms with Crippen LogP contribution in [0.2, 0.25) is 5.02 Å². The summed E-state index contributed by atoms with van der Waals surface area (Å²) in [6, 6.07) is 12.5. The topological polar surface area (TPSA) is 76.6 Å². The van der Waals surface area contributed by atoms with Crippen LogP contribution in [0.15, 0.2) is 42.5 Å². The number of terminal acetylenes is 1. The lowest BCUT2D eigenvalue weighted by Gasteiger charge is -2.49. The standard InChI is InChI=1S/C36H46ClN5O4/c1-5-18-40(29-15-12-27(13-16-29)35(45)46-36(2,3)4)26-42-31-23-28(37)14-17-30(31)34(44)41(25-33(43)39-21-10-7-11-22-39)32(42)24-38-19-8-6-9-20-38/h1,12-17,23,32H,6-11,18-22,24-26H2,2-4H3. The van der Waals surface area contributed by atoms with E-state index in [4.69, 9.17) is 22.8 Å². The first kappa shape index (κ1) is 33.6. The molecule has 1 unspecified atom stereocenters. The summed E-state index contributed by atoms with van der Waals surface area (Å²) in [5.74, 6) is 2.20. The molecule has 0 bridgehead atoms. The Morgan fingerprint density at radius 1 is 0.957 bits per heavy atom. The maximum Gasteiger partial charge on any atom is 0.338 e. The van der Waals surface area contributed by atoms with Crippen LogP contribution in [0, 0.1) is 12.3 Å². The second-order valence-electron chi connectivity index (χ2n) is 13.4. The number of rotatable bonds is 9. The van der Waals surface area contributed by atoms with Gasteiger partial charge in [0, 0.05) is 30.3 Å². The Hall–Kier alpha value is -3.74. The molecule has 2 amide bonds. The number of carbonyl (C=O) groups is 3. The zero-order chi connectivity index (χ0) is 32.8. The molecule has 2 saturated heterocycles. The molecule has 10 heteroatoms. The Labute approximate surface area is 278 Å². The summed E-state index contributed by atoms with van der Waals surface area (Å²) in [5, 5.41) is 0.524. The molecule has 2 fully saturated rings. The molecule has 3 aliphatic rings. The highest BCUT2D eigenvalue weighted by Crippen LogP contribution is 2.35. The van der Waals surface area contributed by atoms with E-state index in [2.05, 4.69) is 15.7 Å². The number of piperidine rings is 2. The van der Waals surface area contributed by atoms with Crippen molar-refractivity contribution in [3.05, 3.63) is 58.6 Å². The normalized spacial score (nSPS) is 19.0. The second-order valence-corrected chi connectivity index (χ2v) is 13.9. The first-order valence-corrected chi connectivity index (χ1v) is 16.8. The maximum absolute atomic E-state index is 14.2. The molecule has 5 rings (SSSR count). The van der Waals surface area contributed by atoms with E-state index in [0.29, 0.717) is 35.1 Å². The molecule has 246 valence electrons. The summed E-state index contributed by atoms with van der Waals surface area (Å²) in [6.45, 7) is 10.1. The Balaban J connectivity index is 1.50. The molecule has 3 aliphatic heterocycles. The van der Waals surface area contributed by atoms with Gasteiger partial charge in [-0.15, -0.1) is 6.42 Å². The molecule has 0 aliphatic carbocycles. The van der Waals surface area contributed by atoms with Gasteiger partial charge in [0.05, 0.1) is 30.0 Å². The smallest absolute Gasteiger partial charge is 0.338 e. The third-order valence-electron chi connectivity index (χ3n) is 8.84. The van der Waals surface area contributed by atoms with Crippen LogP contribution in [0.25, 0.3) is 0 Å². The number of carbonyl (C=O) groups excluding carboxylic acids is 3. The fourth-order valence-corrected chi connectivity index (χ4v) is 6.68. The fraction of sp³-hybridized carbons (Fsp3) is 0.528. The van der Waals surface area contributed by atoms with Gasteiger partial charge in [-0.2, -0.15) is 0 Å². The van der Waals surface area contributed by atoms with Crippen molar-refractivity contribution in [2.45, 2.75) is 71.1 Å². The molecule has 2 aromatic carbocycles. The van der Waals surface area contributed by atoms with Gasteiger partial charge >= 0.3 is 5.97 Å². The summed E-state index contributed by atoms with van der Waals surface area (Å²) in [4.78, 5) is 50.8. The van der Waals surface area contributed by atoms with Gasteiger partial charge in [0.15, 0.2) is 0 Å². The van der Waals surface area contributed by atoms with Crippen molar-refractivity contribution in [3.8, 4) is 12.3 Å². The van der Waals surface area contributed by atoms with Gasteiger partial charge in [-0.1, -0.05) is 23.9 Å². The number of anilines is 2. The number of amides is 2. The molecule has 0 saturated carbocycles. The molecule has 0 aromatic heterocycles. The van der Waals surface area contributed by atoms with Gasteiger partial charge in [0.25, 0.3) is 5.91 Å². The number of fused-ring (bicyclic) bond motifs is 1. The Morgan fingerprint density at radius 2 is 1.61 bits per heavy atom. The molecule has 0 radical (unpaired) electrons. The zero-order valence-electron chi connectivity index (χ0n) is 27.3. The number of likely N-dealkylation sites (tertiary alicyclic amines) is 2. The van der Waals surface area contributed by atoms with Crippen molar-refractivity contribution in [2.75, 3.05) is 62.3 Å². The number of ether oxygens (including phenoxy) is 1. The third kappa shape index (κ3) is 8.15. The van der Waals surface area contributed by atoms with E-state index in [-0.39, 0.29) is 24.9 Å². The van der Waals surface area contributed by atoms with Crippen LogP contribution >= 0.6 is 11.6 Å². The second kappa shape index (κ2) is 14.8. The van der Waals surface area contributed by atoms with E-state index >= 15 is 0 Å². The highest BCUT2D eigenvalue weighted by molar-refractivity contribution is 6.31. The zero-order valence-corrected chi connectivity index (χ0v) is 28.1. The average molecular weight is 648 g/mol. The van der Waals surface area contributed by atoms with Crippen LogP contribution in [0.3, 0.4) is 0 Å². The van der Waals surface area contributed by atoms with Gasteiger partial charge in [0.1, 0.15) is 18.3 Å². The highest BCUT2D eigenvalue weighted by Gasteiger charge is 2.41. The molecule has 9 nitrogen and oxygen atoms in total. The van der Waals surface area contributed by atoms with Crippen molar-refractivity contribution in [3.63, 3.8) is 0 Å². The summed E-state index contributed by atoms with van der Waals surface area (Å²) in [7, 11) is 0. The first-order valence-electron chi connectivity index (χ1n) is 16.4. The first-order chi connectivity index (χ1) is 22.0. The van der Waals surface area contributed by atoms with Crippen molar-refractivity contribution in [2.24, 2.45) is 0 Å². The van der Waals surface area contributed by atoms with Crippen molar-refractivity contribution < 1.29 is 19.1 Å². The molecule has 46 heavy (non-hydrogen) atoms. The monoisotopic (exact) mass is 647 g/mol. The minimum absolute atomic E-state index is 0.00955. The Bertz CT molecular complexity index is 1440. The summed E-state index contributed by atoms with van der Waals surface area (Å²) >= 11 is 6.55. The lowest BCUT2D eigenvalue weighted by atomic mass is 10.0. The number of hydrogen-bond donors (Lipinski definition) is 0. The minimum atomic E-state index is -0.601. The van der Waals surface area contributed by atoms with Gasteiger partial charge < -0.3 is 24.3 Å². The van der Waals surface area contributed by atoms with Crippen molar-refractivity contribution in [1.29, 1.82) is 0 Å². The number of nitrogens with zero attached hydrogens (tertiary/aromatic N) is 5. The summed E-state index contributed by atoms with van der Waals surface area (Å²) < 4.78 is 5.55. The molecule has 3 heterocycles. The molecular formula is C36H46ClN5O4. The van der Waals surface area contributed by atoms with Crippen molar-refractivity contribution >= 4 is 40.8 Å². The van der Waals surface area contributed by atoms with Crippen LogP contribution in [0.5, 0.6) is 0 Å². The van der Waals surface area contributed by atoms with E-state index in [1.54, 1.807) is 29.2 Å². The van der Waals surface area contributed by atoms with Gasteiger partial charge in [-0.25, -0.2) is 4.79 Å². The molecule has 0 spiro atoms. The predicted molar refractivity (Wildman–Crippen MR) is 182 cm³/mol. The van der Waals surface area contributed by atoms with E-state index in [1.165, 1.54) is 6.42 Å². The van der Waals surface area contributed by atoms with Crippen LogP contribution in [0.4, 0.5) is 11.4 Å². The maximum atomic E-state index is 14.2. The van der Waals surface area contributed by atoms with Crippen LogP contribution in [-0.4, -0.2) is 96.7 Å². The molecule has 2 aromatic rings. The number of hydrogen-bond acceptors (Lipinski definition) is 7. The van der Waals surface area contributed by atoms with Crippen LogP contribution < -0.4 is 9.80 Å². The number of halogens is 1. The third-order valence-corrected chi connectivity index (χ3v) is 9.07. The van der Waals surface area contributed by atoms with Crippen LogP contribution in [0.1, 0.15) is 80.0 Å². The van der Waals surface area contributed by atoms with Crippen LogP contribution in [-0.2, 0) is 9.53 Å². The molecule has 1 atom stereocenters. The minimum Gasteiger partial charge on any atom is -0.456 e. The lowest BCUT2D eigenvalue weighted by molar-refractivity contribution is -0.133. The Kier molecular flexibility index (Phi) is 10.8. The van der Waals surface area contributed by atoms with E-state index in [0.717, 1.165) is 64.0 Å². The Morgan fingerprint density at radius 3 is 2.24 bits per heavy atom. The van der Waals surface area contributed by atoms with Crippen molar-refractivity contribution in [1.82, 2.24) is 14.7 Å². The van der Waals surface area contributed by atoms with Gasteiger partial charge in [-0.05, 0) is 108 Å². The van der Waals surface area contributed by atoms with E-state index in [1.807, 2.05) is 48.8 Å². The van der Waals surface area contributed by atoms with Gasteiger partial charge in [-0.3, -0.25) is 14.5 Å². The average Bonchev–Trinajstić information content (AvgIpc) is 3.04. The molecular weight excluding hydrogens is 602 g/mol. The summed E-state index contributed by atoms with van der Waals surface area (Å²) in [6.07, 6.45) is 11.9. The summed E-state index contributed by atoms with van der Waals surface area (Å²) in [5.41, 5.74) is 1.89. The lowest BCUT2D eigenvalue weighted by Crippen LogP contribution is -2.63. The van der Waals surface area contributed by atoms with Gasteiger partial charge in [0.2, 0.25) is 5.91 Å². The molecule has 0 N–H and O–H groups in total. The quantitative estimate of drug-likeness (QED) is 0.264. The van der Waals surface area contributed by atoms with E-state index in [9.17, 15) is 14.4 Å². The number of benzene rings is 2.